The number of hydrogen-bond acceptors (Lipinski definition) is 11. The maximum atomic E-state index is 13.0. The zero-order valence-electron chi connectivity index (χ0n) is 41.2. The Balaban J connectivity index is 0.000000197. The van der Waals surface area contributed by atoms with Gasteiger partial charge < -0.3 is 41.5 Å². The first-order valence-corrected chi connectivity index (χ1v) is 26.4. The monoisotopic (exact) mass is 1080 g/mol. The Morgan fingerprint density at radius 2 is 1.14 bits per heavy atom. The molecular formula is C54H64Cl4N12O4. The molecule has 2 saturated heterocycles. The molecule has 4 aromatic heterocycles. The molecule has 0 spiro atoms. The second-order valence-corrected chi connectivity index (χ2v) is 20.3. The van der Waals surface area contributed by atoms with Gasteiger partial charge in [0, 0.05) is 89.1 Å². The predicted octanol–water partition coefficient (Wildman–Crippen LogP) is 10.0. The topological polar surface area (TPSA) is 215 Å². The molecule has 6 heterocycles. The van der Waals surface area contributed by atoms with Gasteiger partial charge >= 0.3 is 0 Å². The standard InChI is InChI=1S/C27H31ClN6O2.C24H29ClN6O.C3H3ClO.ClH/c1-2-24(35)34-12-6-7-17(16-34)26(36)31-18-8-5-9-19(13-18)32-27-30-15-22(28)25(33-27)21-14-29-23-11-4-3-10-20(21)23;25-20-14-28-24(31-22(20)19-13-27-21-9-2-1-8-18(19)21)30-17-7-3-6-16(11-17)29-23(32)15-5-4-10-26-12-15;1-2-3(4)5;/h2-4,10-11,14-15,17-19,29H,1,5-9,12-13,16H2,(H,31,36)(H,30,32,33);1-2,8-9,13-17,26-27H,3-7,10-12H2,(H,29,32)(H,28,30,31);2H,1H2;1H/t17-,18+,19-;15-,16+,17-;;/m11../s1. The number of allylic oxidation sites excluding steroid dienone is 1. The van der Waals surface area contributed by atoms with E-state index in [1.165, 1.54) is 6.08 Å². The number of para-hydroxylation sites is 2. The summed E-state index contributed by atoms with van der Waals surface area (Å²) in [5.41, 5.74) is 5.37. The lowest BCUT2D eigenvalue weighted by Crippen LogP contribution is -2.49. The molecule has 10 rings (SSSR count). The molecular weight excluding hydrogens is 1020 g/mol. The fourth-order valence-corrected chi connectivity index (χ4v) is 10.7. The summed E-state index contributed by atoms with van der Waals surface area (Å²) in [5.74, 6) is 1.14. The maximum absolute atomic E-state index is 13.0. The molecule has 6 aromatic rings. The number of benzene rings is 2. The molecule has 0 bridgehead atoms. The molecule has 16 nitrogen and oxygen atoms in total. The van der Waals surface area contributed by atoms with Crippen molar-refractivity contribution in [3.8, 4) is 22.5 Å². The van der Waals surface area contributed by atoms with Gasteiger partial charge in [0.25, 0.3) is 0 Å². The van der Waals surface area contributed by atoms with Gasteiger partial charge in [0.2, 0.25) is 34.9 Å². The zero-order valence-corrected chi connectivity index (χ0v) is 44.3. The van der Waals surface area contributed by atoms with Crippen LogP contribution in [0.15, 0.2) is 98.6 Å². The van der Waals surface area contributed by atoms with E-state index in [-0.39, 0.29) is 66.1 Å². The third kappa shape index (κ3) is 14.6. The fourth-order valence-electron chi connectivity index (χ4n) is 10.3. The molecule has 392 valence electrons. The number of likely N-dealkylation sites (tertiary alicyclic amines) is 1. The van der Waals surface area contributed by atoms with E-state index in [1.807, 2.05) is 54.9 Å². The molecule has 4 fully saturated rings. The highest BCUT2D eigenvalue weighted by Gasteiger charge is 2.32. The summed E-state index contributed by atoms with van der Waals surface area (Å²) < 4.78 is 0. The molecule has 2 aliphatic carbocycles. The molecule has 2 aliphatic heterocycles. The van der Waals surface area contributed by atoms with Crippen molar-refractivity contribution in [3.63, 3.8) is 0 Å². The molecule has 4 aliphatic rings. The molecule has 74 heavy (non-hydrogen) atoms. The quantitative estimate of drug-likeness (QED) is 0.0452. The van der Waals surface area contributed by atoms with Crippen LogP contribution in [0.3, 0.4) is 0 Å². The number of fused-ring (bicyclic) bond motifs is 2. The molecule has 2 aromatic carbocycles. The number of hydrogen-bond donors (Lipinski definition) is 7. The van der Waals surface area contributed by atoms with E-state index in [1.54, 1.807) is 17.3 Å². The van der Waals surface area contributed by atoms with Crippen LogP contribution < -0.4 is 26.6 Å². The predicted molar refractivity (Wildman–Crippen MR) is 298 cm³/mol. The normalized spacial score (nSPS) is 21.5. The van der Waals surface area contributed by atoms with Gasteiger partial charge in [-0.25, -0.2) is 19.9 Å². The number of rotatable bonds is 12. The molecule has 0 radical (unpaired) electrons. The van der Waals surface area contributed by atoms with Gasteiger partial charge in [-0.1, -0.05) is 72.8 Å². The average molecular weight is 1090 g/mol. The van der Waals surface area contributed by atoms with Crippen LogP contribution in [0, 0.1) is 11.8 Å². The highest BCUT2D eigenvalue weighted by Crippen LogP contribution is 2.35. The van der Waals surface area contributed by atoms with Crippen molar-refractivity contribution in [1.82, 2.24) is 50.8 Å². The summed E-state index contributed by atoms with van der Waals surface area (Å²) in [6.45, 7) is 9.59. The molecule has 3 amide bonds. The van der Waals surface area contributed by atoms with Crippen LogP contribution in [-0.4, -0.2) is 108 Å². The van der Waals surface area contributed by atoms with Gasteiger partial charge in [-0.15, -0.1) is 12.4 Å². The van der Waals surface area contributed by atoms with E-state index < -0.39 is 5.24 Å². The highest BCUT2D eigenvalue weighted by molar-refractivity contribution is 6.66. The minimum atomic E-state index is -0.509. The number of aromatic amines is 2. The first-order chi connectivity index (χ1) is 35.5. The number of carbonyl (C=O) groups is 4. The van der Waals surface area contributed by atoms with Crippen molar-refractivity contribution in [2.24, 2.45) is 11.8 Å². The molecule has 2 saturated carbocycles. The fraction of sp³-hybridized carbons (Fsp3) is 0.407. The molecule has 7 N–H and O–H groups in total. The van der Waals surface area contributed by atoms with Gasteiger partial charge in [-0.3, -0.25) is 19.2 Å². The van der Waals surface area contributed by atoms with Gasteiger partial charge in [0.05, 0.1) is 45.7 Å². The Morgan fingerprint density at radius 1 is 0.649 bits per heavy atom. The van der Waals surface area contributed by atoms with Crippen molar-refractivity contribution in [2.45, 2.75) is 101 Å². The van der Waals surface area contributed by atoms with Crippen LogP contribution in [-0.2, 0) is 19.2 Å². The smallest absolute Gasteiger partial charge is 0.245 e. The van der Waals surface area contributed by atoms with E-state index in [4.69, 9.17) is 44.8 Å². The number of nitrogens with zero attached hydrogens (tertiary/aromatic N) is 5. The number of nitrogens with one attached hydrogen (secondary N) is 7. The van der Waals surface area contributed by atoms with Crippen LogP contribution >= 0.6 is 47.2 Å². The van der Waals surface area contributed by atoms with Crippen LogP contribution in [0.5, 0.6) is 0 Å². The van der Waals surface area contributed by atoms with E-state index in [0.717, 1.165) is 129 Å². The summed E-state index contributed by atoms with van der Waals surface area (Å²) in [5, 5.41) is 19.4. The van der Waals surface area contributed by atoms with Crippen molar-refractivity contribution in [3.05, 3.63) is 109 Å². The lowest BCUT2D eigenvalue weighted by atomic mass is 9.90. The van der Waals surface area contributed by atoms with Gasteiger partial charge in [-0.05, 0) is 119 Å². The highest BCUT2D eigenvalue weighted by atomic mass is 35.5. The summed E-state index contributed by atoms with van der Waals surface area (Å²) in [6, 6.07) is 16.8. The van der Waals surface area contributed by atoms with Crippen LogP contribution in [0.2, 0.25) is 10.0 Å². The lowest BCUT2D eigenvalue weighted by Gasteiger charge is -2.34. The summed E-state index contributed by atoms with van der Waals surface area (Å²) in [6.07, 6.45) is 20.9. The van der Waals surface area contributed by atoms with Gasteiger partial charge in [-0.2, -0.15) is 0 Å². The minimum Gasteiger partial charge on any atom is -0.360 e. The number of carbonyl (C=O) groups excluding carboxylic acids is 4. The Morgan fingerprint density at radius 3 is 1.62 bits per heavy atom. The number of amides is 3. The van der Waals surface area contributed by atoms with E-state index in [9.17, 15) is 19.2 Å². The number of halogens is 4. The van der Waals surface area contributed by atoms with Crippen molar-refractivity contribution >= 4 is 104 Å². The molecule has 6 atom stereocenters. The van der Waals surface area contributed by atoms with Crippen molar-refractivity contribution in [2.75, 3.05) is 36.8 Å². The Labute approximate surface area is 452 Å². The van der Waals surface area contributed by atoms with Crippen LogP contribution in [0.25, 0.3) is 44.3 Å². The SMILES string of the molecule is C=CC(=O)Cl.C=CC(=O)N1CCC[C@@H](C(=O)N[C@H]2CCC[C@@H](Nc3ncc(Cl)c(-c4c[nH]c5ccccc45)n3)C2)C1.Cl.O=C(N[C@H]1CCC[C@@H](Nc2ncc(Cl)c(-c3c[nH]c4ccccc34)n2)C1)[C@@H]1CCCNC1. The second kappa shape index (κ2) is 27.0. The van der Waals surface area contributed by atoms with Crippen LogP contribution in [0.4, 0.5) is 11.9 Å². The third-order valence-electron chi connectivity index (χ3n) is 14.0. The van der Waals surface area contributed by atoms with E-state index >= 15 is 0 Å². The lowest BCUT2D eigenvalue weighted by molar-refractivity contribution is -0.132. The third-order valence-corrected chi connectivity index (χ3v) is 14.7. The van der Waals surface area contributed by atoms with Crippen molar-refractivity contribution < 1.29 is 19.2 Å². The van der Waals surface area contributed by atoms with E-state index in [0.29, 0.717) is 46.4 Å². The average Bonchev–Trinajstić information content (AvgIpc) is 4.05. The Hall–Kier alpha value is -6.04. The summed E-state index contributed by atoms with van der Waals surface area (Å²) >= 11 is 17.7. The first kappa shape index (κ1) is 55.7. The van der Waals surface area contributed by atoms with Gasteiger partial charge in [0.15, 0.2) is 0 Å². The zero-order chi connectivity index (χ0) is 51.3. The number of piperidine rings is 2. The Bertz CT molecular complexity index is 2910. The molecule has 0 unspecified atom stereocenters. The maximum Gasteiger partial charge on any atom is 0.245 e. The largest absolute Gasteiger partial charge is 0.360 e. The number of anilines is 2. The second-order valence-electron chi connectivity index (χ2n) is 19.1. The van der Waals surface area contributed by atoms with Crippen molar-refractivity contribution in [1.29, 1.82) is 0 Å². The Kier molecular flexibility index (Phi) is 20.3. The van der Waals surface area contributed by atoms with E-state index in [2.05, 4.69) is 65.7 Å². The first-order valence-electron chi connectivity index (χ1n) is 25.2. The summed E-state index contributed by atoms with van der Waals surface area (Å²) in [4.78, 5) is 73.6. The summed E-state index contributed by atoms with van der Waals surface area (Å²) in [7, 11) is 0. The van der Waals surface area contributed by atoms with Gasteiger partial charge in [0.1, 0.15) is 0 Å². The number of H-pyrrole nitrogens is 2. The number of aromatic nitrogens is 6. The molecule has 20 heteroatoms. The van der Waals surface area contributed by atoms with Crippen LogP contribution in [0.1, 0.15) is 77.0 Å². The minimum absolute atomic E-state index is 0.